The van der Waals surface area contributed by atoms with Crippen LogP contribution in [0.1, 0.15) is 25.0 Å². The van der Waals surface area contributed by atoms with Gasteiger partial charge in [0.25, 0.3) is 0 Å². The van der Waals surface area contributed by atoms with Gasteiger partial charge in [0, 0.05) is 35.8 Å². The van der Waals surface area contributed by atoms with Gasteiger partial charge in [0.05, 0.1) is 5.69 Å². The minimum atomic E-state index is 0.274. The van der Waals surface area contributed by atoms with Crippen molar-refractivity contribution >= 4 is 23.4 Å². The van der Waals surface area contributed by atoms with E-state index >= 15 is 0 Å². The molecule has 3 aromatic rings. The Bertz CT molecular complexity index is 920. The van der Waals surface area contributed by atoms with E-state index in [1.54, 1.807) is 6.20 Å². The minimum absolute atomic E-state index is 0.274. The fourth-order valence-electron chi connectivity index (χ4n) is 2.55. The topological polar surface area (TPSA) is 102 Å². The third-order valence-electron chi connectivity index (χ3n) is 4.05. The van der Waals surface area contributed by atoms with E-state index in [4.69, 9.17) is 5.73 Å². The summed E-state index contributed by atoms with van der Waals surface area (Å²) in [4.78, 5) is 17.3. The lowest BCUT2D eigenvalue weighted by Crippen LogP contribution is -2.11. The summed E-state index contributed by atoms with van der Waals surface area (Å²) in [7, 11) is 0. The number of aromatic nitrogens is 4. The van der Waals surface area contributed by atoms with Gasteiger partial charge >= 0.3 is 0 Å². The van der Waals surface area contributed by atoms with E-state index in [9.17, 15) is 0 Å². The first-order valence-electron chi connectivity index (χ1n) is 8.96. The Labute approximate surface area is 159 Å². The number of rotatable bonds is 6. The summed E-state index contributed by atoms with van der Waals surface area (Å²) in [5.41, 5.74) is 10.5. The number of aryl methyl sites for hydroxylation is 2. The standard InChI is InChI=1S/C20H25N7/c1-12(2)9-23-20-24-11-14(4)18(27-20)25-16-7-5-15(6-8-16)17-13(3)10-22-19(21)26-17/h5-8,10-12H,9H2,1-4H3,(H2,21,22,26)(H2,23,24,25,27). The molecule has 0 atom stereocenters. The summed E-state index contributed by atoms with van der Waals surface area (Å²) in [6.07, 6.45) is 3.55. The van der Waals surface area contributed by atoms with Gasteiger partial charge in [-0.15, -0.1) is 0 Å². The maximum absolute atomic E-state index is 5.72. The number of nitrogen functional groups attached to an aromatic ring is 1. The van der Waals surface area contributed by atoms with Crippen molar-refractivity contribution in [3.8, 4) is 11.3 Å². The molecule has 2 heterocycles. The molecule has 0 saturated carbocycles. The summed E-state index contributed by atoms with van der Waals surface area (Å²) < 4.78 is 0. The van der Waals surface area contributed by atoms with E-state index in [0.717, 1.165) is 40.4 Å². The average molecular weight is 363 g/mol. The van der Waals surface area contributed by atoms with Crippen molar-refractivity contribution in [1.29, 1.82) is 0 Å². The summed E-state index contributed by atoms with van der Waals surface area (Å²) in [5, 5.41) is 6.61. The van der Waals surface area contributed by atoms with Crippen LogP contribution >= 0.6 is 0 Å². The Kier molecular flexibility index (Phi) is 5.49. The zero-order valence-corrected chi connectivity index (χ0v) is 16.1. The van der Waals surface area contributed by atoms with Gasteiger partial charge in [0.1, 0.15) is 5.82 Å². The van der Waals surface area contributed by atoms with E-state index in [2.05, 4.69) is 44.4 Å². The summed E-state index contributed by atoms with van der Waals surface area (Å²) in [6.45, 7) is 9.08. The average Bonchev–Trinajstić information content (AvgIpc) is 2.65. The highest BCUT2D eigenvalue weighted by molar-refractivity contribution is 5.68. The molecule has 7 heteroatoms. The lowest BCUT2D eigenvalue weighted by Gasteiger charge is -2.12. The number of hydrogen-bond donors (Lipinski definition) is 3. The lowest BCUT2D eigenvalue weighted by atomic mass is 10.1. The first kappa shape index (κ1) is 18.6. The maximum Gasteiger partial charge on any atom is 0.224 e. The highest BCUT2D eigenvalue weighted by Crippen LogP contribution is 2.25. The molecule has 0 aliphatic carbocycles. The largest absolute Gasteiger partial charge is 0.368 e. The third-order valence-corrected chi connectivity index (χ3v) is 4.05. The number of anilines is 4. The van der Waals surface area contributed by atoms with Crippen molar-refractivity contribution < 1.29 is 0 Å². The molecule has 0 unspecified atom stereocenters. The van der Waals surface area contributed by atoms with Crippen LogP contribution in [0.2, 0.25) is 0 Å². The molecule has 3 rings (SSSR count). The normalized spacial score (nSPS) is 10.9. The van der Waals surface area contributed by atoms with Crippen LogP contribution in [-0.4, -0.2) is 26.5 Å². The van der Waals surface area contributed by atoms with Crippen LogP contribution in [0.15, 0.2) is 36.7 Å². The van der Waals surface area contributed by atoms with Gasteiger partial charge < -0.3 is 16.4 Å². The van der Waals surface area contributed by atoms with Crippen molar-refractivity contribution in [1.82, 2.24) is 19.9 Å². The molecule has 0 amide bonds. The number of hydrogen-bond acceptors (Lipinski definition) is 7. The number of nitrogens with zero attached hydrogens (tertiary/aromatic N) is 4. The maximum atomic E-state index is 5.72. The minimum Gasteiger partial charge on any atom is -0.368 e. The van der Waals surface area contributed by atoms with Gasteiger partial charge in [-0.25, -0.2) is 15.0 Å². The van der Waals surface area contributed by atoms with Gasteiger partial charge in [0.2, 0.25) is 11.9 Å². The first-order chi connectivity index (χ1) is 12.9. The van der Waals surface area contributed by atoms with E-state index < -0.39 is 0 Å². The highest BCUT2D eigenvalue weighted by Gasteiger charge is 2.08. The predicted molar refractivity (Wildman–Crippen MR) is 110 cm³/mol. The number of benzene rings is 1. The SMILES string of the molecule is Cc1cnc(NCC(C)C)nc1Nc1ccc(-c2nc(N)ncc2C)cc1. The van der Waals surface area contributed by atoms with Gasteiger partial charge in [-0.05, 0) is 37.5 Å². The van der Waals surface area contributed by atoms with Crippen LogP contribution in [0.5, 0.6) is 0 Å². The van der Waals surface area contributed by atoms with E-state index in [-0.39, 0.29) is 5.95 Å². The van der Waals surface area contributed by atoms with Crippen molar-refractivity contribution in [2.45, 2.75) is 27.7 Å². The lowest BCUT2D eigenvalue weighted by molar-refractivity contribution is 0.684. The zero-order chi connectivity index (χ0) is 19.4. The van der Waals surface area contributed by atoms with Crippen LogP contribution in [-0.2, 0) is 0 Å². The van der Waals surface area contributed by atoms with Crippen LogP contribution in [0.25, 0.3) is 11.3 Å². The molecule has 4 N–H and O–H groups in total. The third kappa shape index (κ3) is 4.69. The van der Waals surface area contributed by atoms with Crippen molar-refractivity contribution in [3.63, 3.8) is 0 Å². The summed E-state index contributed by atoms with van der Waals surface area (Å²) >= 11 is 0. The summed E-state index contributed by atoms with van der Waals surface area (Å²) in [5.74, 6) is 2.21. The van der Waals surface area contributed by atoms with Gasteiger partial charge in [-0.3, -0.25) is 0 Å². The van der Waals surface area contributed by atoms with Crippen molar-refractivity contribution in [2.75, 3.05) is 22.9 Å². The monoisotopic (exact) mass is 363 g/mol. The van der Waals surface area contributed by atoms with E-state index in [1.807, 2.05) is 44.3 Å². The van der Waals surface area contributed by atoms with Gasteiger partial charge in [-0.1, -0.05) is 26.0 Å². The van der Waals surface area contributed by atoms with Crippen LogP contribution in [0, 0.1) is 19.8 Å². The summed E-state index contributed by atoms with van der Waals surface area (Å²) in [6, 6.07) is 8.00. The van der Waals surface area contributed by atoms with Crippen LogP contribution < -0.4 is 16.4 Å². The molecule has 2 aromatic heterocycles. The molecule has 27 heavy (non-hydrogen) atoms. The van der Waals surface area contributed by atoms with Gasteiger partial charge in [-0.2, -0.15) is 4.98 Å². The molecule has 0 aliphatic heterocycles. The molecular weight excluding hydrogens is 338 g/mol. The molecule has 0 fully saturated rings. The molecule has 0 spiro atoms. The van der Waals surface area contributed by atoms with Gasteiger partial charge in [0.15, 0.2) is 0 Å². The second kappa shape index (κ2) is 7.99. The molecular formula is C20H25N7. The fourth-order valence-corrected chi connectivity index (χ4v) is 2.55. The quantitative estimate of drug-likeness (QED) is 0.609. The Hall–Kier alpha value is -3.22. The Morgan fingerprint density at radius 1 is 0.963 bits per heavy atom. The molecule has 1 aromatic carbocycles. The number of nitrogens with two attached hydrogens (primary N) is 1. The second-order valence-corrected chi connectivity index (χ2v) is 6.96. The molecule has 0 aliphatic rings. The molecule has 0 radical (unpaired) electrons. The zero-order valence-electron chi connectivity index (χ0n) is 16.1. The Morgan fingerprint density at radius 2 is 1.67 bits per heavy atom. The molecule has 140 valence electrons. The smallest absolute Gasteiger partial charge is 0.224 e. The predicted octanol–water partition coefficient (Wildman–Crippen LogP) is 3.94. The highest BCUT2D eigenvalue weighted by atomic mass is 15.1. The Morgan fingerprint density at radius 3 is 2.37 bits per heavy atom. The van der Waals surface area contributed by atoms with Crippen LogP contribution in [0.3, 0.4) is 0 Å². The first-order valence-corrected chi connectivity index (χ1v) is 8.96. The molecule has 0 saturated heterocycles. The molecule has 0 bridgehead atoms. The van der Waals surface area contributed by atoms with E-state index in [1.165, 1.54) is 0 Å². The van der Waals surface area contributed by atoms with E-state index in [0.29, 0.717) is 11.9 Å². The van der Waals surface area contributed by atoms with Crippen molar-refractivity contribution in [2.24, 2.45) is 5.92 Å². The van der Waals surface area contributed by atoms with Crippen LogP contribution in [0.4, 0.5) is 23.4 Å². The van der Waals surface area contributed by atoms with Crippen molar-refractivity contribution in [3.05, 3.63) is 47.8 Å². The molecule has 7 nitrogen and oxygen atoms in total. The fraction of sp³-hybridized carbons (Fsp3) is 0.300. The number of nitrogens with one attached hydrogen (secondary N) is 2. The second-order valence-electron chi connectivity index (χ2n) is 6.96. The Balaban J connectivity index is 1.78.